The summed E-state index contributed by atoms with van der Waals surface area (Å²) < 4.78 is 8.30. The monoisotopic (exact) mass is 438 g/mol. The topological polar surface area (TPSA) is 9.23 Å². The predicted molar refractivity (Wildman–Crippen MR) is 139 cm³/mol. The number of hydrogen-bond acceptors (Lipinski definition) is 1. The minimum Gasteiger partial charge on any atom is -0.489 e. The van der Waals surface area contributed by atoms with E-state index in [1.165, 1.54) is 50.4 Å². The van der Waals surface area contributed by atoms with Crippen molar-refractivity contribution in [2.75, 3.05) is 52.4 Å². The molecule has 0 atom stereocenters. The highest BCUT2D eigenvalue weighted by atomic mass is 16.5. The summed E-state index contributed by atoms with van der Waals surface area (Å²) in [5.74, 6) is 0.925. The molecule has 2 aromatic rings. The van der Waals surface area contributed by atoms with Crippen LogP contribution in [0.4, 0.5) is 0 Å². The Morgan fingerprint density at radius 3 is 1.56 bits per heavy atom. The molecule has 0 aliphatic carbocycles. The van der Waals surface area contributed by atoms with Gasteiger partial charge >= 0.3 is 0 Å². The van der Waals surface area contributed by atoms with E-state index in [2.05, 4.69) is 96.1 Å². The number of ether oxygens (including phenoxy) is 1. The third kappa shape index (κ3) is 7.21. The van der Waals surface area contributed by atoms with Gasteiger partial charge in [-0.15, -0.1) is 0 Å². The van der Waals surface area contributed by atoms with Gasteiger partial charge in [-0.25, -0.2) is 0 Å². The Morgan fingerprint density at radius 2 is 1.12 bits per heavy atom. The van der Waals surface area contributed by atoms with Crippen molar-refractivity contribution >= 4 is 6.08 Å². The molecule has 0 N–H and O–H groups in total. The summed E-state index contributed by atoms with van der Waals surface area (Å²) in [6, 6.07) is 19.0. The number of quaternary nitrogens is 2. The fraction of sp³-hybridized carbons (Fsp3) is 0.517. The number of nitrogens with zero attached hydrogens (tertiary/aromatic N) is 2. The molecule has 0 heterocycles. The van der Waals surface area contributed by atoms with E-state index in [1.807, 2.05) is 6.07 Å². The summed E-state index contributed by atoms with van der Waals surface area (Å²) in [7, 11) is 0. The van der Waals surface area contributed by atoms with Crippen LogP contribution < -0.4 is 4.74 Å². The summed E-state index contributed by atoms with van der Waals surface area (Å²) >= 11 is 0. The molecule has 0 bridgehead atoms. The fourth-order valence-electron chi connectivity index (χ4n) is 4.65. The first-order chi connectivity index (χ1) is 15.5. The van der Waals surface area contributed by atoms with E-state index in [1.54, 1.807) is 5.57 Å². The van der Waals surface area contributed by atoms with E-state index in [-0.39, 0.29) is 0 Å². The molecule has 2 rings (SSSR count). The second-order valence-electron chi connectivity index (χ2n) is 9.04. The first-order valence-electron chi connectivity index (χ1n) is 12.6. The van der Waals surface area contributed by atoms with Crippen molar-refractivity contribution in [3.05, 3.63) is 71.3 Å². The van der Waals surface area contributed by atoms with E-state index in [4.69, 9.17) is 4.74 Å². The number of hydrogen-bond donors (Lipinski definition) is 0. The van der Waals surface area contributed by atoms with Gasteiger partial charge in [-0.05, 0) is 70.9 Å². The highest BCUT2D eigenvalue weighted by Gasteiger charge is 2.28. The van der Waals surface area contributed by atoms with Crippen LogP contribution in [0.15, 0.2) is 60.2 Å². The highest BCUT2D eigenvalue weighted by molar-refractivity contribution is 5.54. The van der Waals surface area contributed by atoms with Crippen molar-refractivity contribution in [1.82, 2.24) is 0 Å². The van der Waals surface area contributed by atoms with Crippen LogP contribution in [0.2, 0.25) is 0 Å². The molecule has 0 aliphatic heterocycles. The van der Waals surface area contributed by atoms with Crippen LogP contribution >= 0.6 is 0 Å². The normalized spacial score (nSPS) is 11.9. The molecule has 3 nitrogen and oxygen atoms in total. The average molecular weight is 439 g/mol. The minimum atomic E-state index is 0.605. The van der Waals surface area contributed by atoms with Crippen LogP contribution in [-0.4, -0.2) is 61.3 Å². The van der Waals surface area contributed by atoms with Gasteiger partial charge in [-0.2, -0.15) is 0 Å². The zero-order valence-corrected chi connectivity index (χ0v) is 21.4. The molecular weight excluding hydrogens is 392 g/mol. The Morgan fingerprint density at radius 1 is 0.656 bits per heavy atom. The zero-order valence-electron chi connectivity index (χ0n) is 21.4. The maximum atomic E-state index is 5.99. The summed E-state index contributed by atoms with van der Waals surface area (Å²) in [6.45, 7) is 24.0. The van der Waals surface area contributed by atoms with E-state index in [9.17, 15) is 0 Å². The Labute approximate surface area is 197 Å². The van der Waals surface area contributed by atoms with Crippen molar-refractivity contribution in [3.8, 4) is 5.75 Å². The molecule has 0 fully saturated rings. The predicted octanol–water partition coefficient (Wildman–Crippen LogP) is 6.40. The van der Waals surface area contributed by atoms with Gasteiger partial charge in [-0.1, -0.05) is 42.5 Å². The summed E-state index contributed by atoms with van der Waals surface area (Å²) in [4.78, 5) is 0. The Hall–Kier alpha value is -2.10. The van der Waals surface area contributed by atoms with Gasteiger partial charge in [0.05, 0.1) is 39.3 Å². The summed E-state index contributed by atoms with van der Waals surface area (Å²) in [5, 5.41) is 0. The van der Waals surface area contributed by atoms with Crippen molar-refractivity contribution in [2.45, 2.75) is 48.1 Å². The largest absolute Gasteiger partial charge is 0.489 e. The summed E-state index contributed by atoms with van der Waals surface area (Å²) in [6.07, 6.45) is 2.45. The molecule has 32 heavy (non-hydrogen) atoms. The lowest BCUT2D eigenvalue weighted by Gasteiger charge is -2.40. The average Bonchev–Trinajstić information content (AvgIpc) is 2.86. The van der Waals surface area contributed by atoms with E-state index in [0.29, 0.717) is 6.61 Å². The van der Waals surface area contributed by atoms with Gasteiger partial charge in [0.2, 0.25) is 0 Å². The zero-order chi connectivity index (χ0) is 23.5. The lowest BCUT2D eigenvalue weighted by atomic mass is 10.1. The first kappa shape index (κ1) is 26.2. The fourth-order valence-corrected chi connectivity index (χ4v) is 4.65. The summed E-state index contributed by atoms with van der Waals surface area (Å²) in [5.41, 5.74) is 4.04. The molecule has 0 saturated carbocycles. The van der Waals surface area contributed by atoms with Crippen molar-refractivity contribution in [1.29, 1.82) is 0 Å². The van der Waals surface area contributed by atoms with Gasteiger partial charge in [0.1, 0.15) is 25.4 Å². The lowest BCUT2D eigenvalue weighted by Crippen LogP contribution is -2.53. The van der Waals surface area contributed by atoms with Gasteiger partial charge in [-0.3, -0.25) is 0 Å². The molecule has 0 aromatic heterocycles. The quantitative estimate of drug-likeness (QED) is 0.310. The van der Waals surface area contributed by atoms with Crippen LogP contribution in [0.1, 0.15) is 52.7 Å². The third-order valence-electron chi connectivity index (χ3n) is 7.60. The van der Waals surface area contributed by atoms with Crippen LogP contribution in [0, 0.1) is 0 Å². The van der Waals surface area contributed by atoms with Crippen LogP contribution in [0.5, 0.6) is 5.75 Å². The van der Waals surface area contributed by atoms with Crippen molar-refractivity contribution in [2.24, 2.45) is 0 Å². The molecule has 0 radical (unpaired) electrons. The van der Waals surface area contributed by atoms with Gasteiger partial charge < -0.3 is 13.7 Å². The maximum absolute atomic E-state index is 5.99. The molecule has 0 spiro atoms. The molecule has 0 unspecified atom stereocenters. The number of likely N-dealkylation sites (N-methyl/N-ethyl adjacent to an activating group) is 2. The third-order valence-corrected chi connectivity index (χ3v) is 7.60. The van der Waals surface area contributed by atoms with Crippen molar-refractivity contribution < 1.29 is 13.7 Å². The Balaban J connectivity index is 2.24. The Bertz CT molecular complexity index is 762. The molecule has 0 amide bonds. The lowest BCUT2D eigenvalue weighted by molar-refractivity contribution is -0.932. The smallest absolute Gasteiger partial charge is 0.119 e. The standard InChI is InChI=1S/C29H46N2O/c1-7-30(8-2,9-3)23-28(24-31(10-4,11-5)12-6)22-26-18-20-29(21-19-26)32-25-27-16-14-13-15-17-27/h13-22H,7-12,23-25H2,1-6H3/q+2. The molecule has 2 aromatic carbocycles. The SMILES string of the molecule is CC[N+](CC)(CC)CC(=Cc1ccc(OCc2ccccc2)cc1)C[N+](CC)(CC)CC. The minimum absolute atomic E-state index is 0.605. The van der Waals surface area contributed by atoms with Gasteiger partial charge in [0.15, 0.2) is 0 Å². The molecule has 0 saturated heterocycles. The highest BCUT2D eigenvalue weighted by Crippen LogP contribution is 2.21. The maximum Gasteiger partial charge on any atom is 0.119 e. The molecular formula is C29H46N2O+2. The molecule has 176 valence electrons. The van der Waals surface area contributed by atoms with E-state index < -0.39 is 0 Å². The first-order valence-corrected chi connectivity index (χ1v) is 12.6. The van der Waals surface area contributed by atoms with Crippen molar-refractivity contribution in [3.63, 3.8) is 0 Å². The molecule has 3 heteroatoms. The second-order valence-corrected chi connectivity index (χ2v) is 9.04. The van der Waals surface area contributed by atoms with Crippen LogP contribution in [0.3, 0.4) is 0 Å². The van der Waals surface area contributed by atoms with E-state index >= 15 is 0 Å². The van der Waals surface area contributed by atoms with E-state index in [0.717, 1.165) is 27.8 Å². The van der Waals surface area contributed by atoms with Crippen LogP contribution in [-0.2, 0) is 6.61 Å². The second kappa shape index (κ2) is 12.8. The Kier molecular flexibility index (Phi) is 10.5. The number of rotatable bonds is 14. The number of benzene rings is 2. The van der Waals surface area contributed by atoms with Gasteiger partial charge in [0, 0.05) is 5.57 Å². The van der Waals surface area contributed by atoms with Gasteiger partial charge in [0.25, 0.3) is 0 Å². The molecule has 0 aliphatic rings. The van der Waals surface area contributed by atoms with Crippen LogP contribution in [0.25, 0.3) is 6.08 Å².